The molecule has 0 spiro atoms. The van der Waals surface area contributed by atoms with Crippen molar-refractivity contribution in [1.82, 2.24) is 0 Å². The zero-order valence-corrected chi connectivity index (χ0v) is 11.9. The topological polar surface area (TPSA) is 47.3 Å². The van der Waals surface area contributed by atoms with E-state index in [0.29, 0.717) is 22.2 Å². The Morgan fingerprint density at radius 1 is 1.56 bits per heavy atom. The van der Waals surface area contributed by atoms with Crippen LogP contribution in [-0.4, -0.2) is 23.7 Å². The molecule has 0 amide bonds. The van der Waals surface area contributed by atoms with Crippen molar-refractivity contribution in [1.29, 1.82) is 0 Å². The molecule has 0 radical (unpaired) electrons. The molecule has 0 aromatic heterocycles. The Labute approximate surface area is 118 Å². The summed E-state index contributed by atoms with van der Waals surface area (Å²) in [4.78, 5) is 0.362. The Morgan fingerprint density at radius 3 is 2.89 bits per heavy atom. The van der Waals surface area contributed by atoms with E-state index in [1.807, 2.05) is 19.1 Å². The lowest BCUT2D eigenvalue weighted by Gasteiger charge is -2.36. The SMILES string of the molecule is CCOC1CC(Nc2ccc(Cl)cc2C(N)=S)C1. The van der Waals surface area contributed by atoms with Crippen LogP contribution >= 0.6 is 23.8 Å². The number of benzene rings is 1. The number of halogens is 1. The molecule has 0 bridgehead atoms. The fourth-order valence-electron chi connectivity index (χ4n) is 2.12. The summed E-state index contributed by atoms with van der Waals surface area (Å²) in [5.74, 6) is 0. The van der Waals surface area contributed by atoms with E-state index < -0.39 is 0 Å². The van der Waals surface area contributed by atoms with E-state index >= 15 is 0 Å². The number of hydrogen-bond donors (Lipinski definition) is 2. The van der Waals surface area contributed by atoms with Gasteiger partial charge in [0.2, 0.25) is 0 Å². The van der Waals surface area contributed by atoms with Gasteiger partial charge in [-0.25, -0.2) is 0 Å². The highest BCUT2D eigenvalue weighted by molar-refractivity contribution is 7.80. The lowest BCUT2D eigenvalue weighted by molar-refractivity contribution is 0.00299. The summed E-state index contributed by atoms with van der Waals surface area (Å²) in [6, 6.07) is 5.98. The number of ether oxygens (including phenoxy) is 1. The third-order valence-electron chi connectivity index (χ3n) is 3.10. The molecule has 0 aliphatic heterocycles. The van der Waals surface area contributed by atoms with Gasteiger partial charge in [0.1, 0.15) is 4.99 Å². The van der Waals surface area contributed by atoms with E-state index in [1.54, 1.807) is 6.07 Å². The Hall–Kier alpha value is -0.840. The highest BCUT2D eigenvalue weighted by atomic mass is 35.5. The average molecular weight is 285 g/mol. The summed E-state index contributed by atoms with van der Waals surface area (Å²) in [6.45, 7) is 2.79. The molecule has 1 aliphatic rings. The second-order valence-corrected chi connectivity index (χ2v) is 5.32. The zero-order chi connectivity index (χ0) is 13.1. The molecule has 1 fully saturated rings. The first kappa shape index (κ1) is 13.6. The first-order valence-corrected chi connectivity index (χ1v) is 6.86. The van der Waals surface area contributed by atoms with Crippen LogP contribution in [0, 0.1) is 0 Å². The van der Waals surface area contributed by atoms with Gasteiger partial charge in [-0.1, -0.05) is 23.8 Å². The van der Waals surface area contributed by atoms with Crippen LogP contribution in [0.15, 0.2) is 18.2 Å². The number of nitrogens with one attached hydrogen (secondary N) is 1. The van der Waals surface area contributed by atoms with Gasteiger partial charge in [-0.05, 0) is 38.0 Å². The Morgan fingerprint density at radius 2 is 2.28 bits per heavy atom. The molecule has 0 unspecified atom stereocenters. The molecule has 18 heavy (non-hydrogen) atoms. The van der Waals surface area contributed by atoms with Gasteiger partial charge in [-0.3, -0.25) is 0 Å². The summed E-state index contributed by atoms with van der Waals surface area (Å²) in [5.41, 5.74) is 7.46. The van der Waals surface area contributed by atoms with Gasteiger partial charge in [0.15, 0.2) is 0 Å². The molecule has 3 N–H and O–H groups in total. The minimum Gasteiger partial charge on any atom is -0.389 e. The van der Waals surface area contributed by atoms with Crippen LogP contribution in [0.4, 0.5) is 5.69 Å². The van der Waals surface area contributed by atoms with Crippen LogP contribution in [0.2, 0.25) is 5.02 Å². The lowest BCUT2D eigenvalue weighted by Crippen LogP contribution is -2.41. The van der Waals surface area contributed by atoms with E-state index in [2.05, 4.69) is 5.32 Å². The van der Waals surface area contributed by atoms with Crippen LogP contribution in [0.25, 0.3) is 0 Å². The van der Waals surface area contributed by atoms with E-state index in [1.165, 1.54) is 0 Å². The van der Waals surface area contributed by atoms with Crippen LogP contribution in [0.5, 0.6) is 0 Å². The highest BCUT2D eigenvalue weighted by Crippen LogP contribution is 2.29. The normalized spacial score (nSPS) is 22.3. The molecule has 2 rings (SSSR count). The maximum absolute atomic E-state index is 5.95. The van der Waals surface area contributed by atoms with Gasteiger partial charge in [0.25, 0.3) is 0 Å². The van der Waals surface area contributed by atoms with Gasteiger partial charge in [0, 0.05) is 28.9 Å². The average Bonchev–Trinajstić information content (AvgIpc) is 2.28. The fraction of sp³-hybridized carbons (Fsp3) is 0.462. The molecule has 0 heterocycles. The Balaban J connectivity index is 2.00. The second-order valence-electron chi connectivity index (χ2n) is 4.44. The standard InChI is InChI=1S/C13H17ClN2OS/c1-2-17-10-6-9(7-10)16-12-4-3-8(14)5-11(12)13(15)18/h3-5,9-10,16H,2,6-7H2,1H3,(H2,15,18). The smallest absolute Gasteiger partial charge is 0.106 e. The summed E-state index contributed by atoms with van der Waals surface area (Å²) in [5, 5.41) is 4.08. The quantitative estimate of drug-likeness (QED) is 0.816. The molecule has 1 aromatic carbocycles. The predicted molar refractivity (Wildman–Crippen MR) is 79.4 cm³/mol. The highest BCUT2D eigenvalue weighted by Gasteiger charge is 2.29. The van der Waals surface area contributed by atoms with Gasteiger partial charge in [0.05, 0.1) is 6.10 Å². The number of hydrogen-bond acceptors (Lipinski definition) is 3. The molecule has 5 heteroatoms. The van der Waals surface area contributed by atoms with E-state index in [-0.39, 0.29) is 0 Å². The molecular weight excluding hydrogens is 268 g/mol. The molecule has 3 nitrogen and oxygen atoms in total. The van der Waals surface area contributed by atoms with Crippen molar-refractivity contribution >= 4 is 34.5 Å². The molecule has 1 aromatic rings. The maximum Gasteiger partial charge on any atom is 0.106 e. The molecule has 0 saturated heterocycles. The van der Waals surface area contributed by atoms with Gasteiger partial charge < -0.3 is 15.8 Å². The molecule has 1 saturated carbocycles. The van der Waals surface area contributed by atoms with Crippen LogP contribution in [0.1, 0.15) is 25.3 Å². The Bertz CT molecular complexity index is 447. The van der Waals surface area contributed by atoms with E-state index in [9.17, 15) is 0 Å². The van der Waals surface area contributed by atoms with Crippen molar-refractivity contribution < 1.29 is 4.74 Å². The van der Waals surface area contributed by atoms with Crippen molar-refractivity contribution in [3.63, 3.8) is 0 Å². The number of nitrogens with two attached hydrogens (primary N) is 1. The number of thiocarbonyl (C=S) groups is 1. The second kappa shape index (κ2) is 5.87. The third-order valence-corrected chi connectivity index (χ3v) is 3.56. The van der Waals surface area contributed by atoms with Gasteiger partial charge >= 0.3 is 0 Å². The monoisotopic (exact) mass is 284 g/mol. The lowest BCUT2D eigenvalue weighted by atomic mass is 9.89. The molecule has 98 valence electrons. The van der Waals surface area contributed by atoms with Crippen molar-refractivity contribution in [3.05, 3.63) is 28.8 Å². The van der Waals surface area contributed by atoms with Crippen LogP contribution in [-0.2, 0) is 4.74 Å². The fourth-order valence-corrected chi connectivity index (χ4v) is 2.46. The van der Waals surface area contributed by atoms with Crippen LogP contribution < -0.4 is 11.1 Å². The largest absolute Gasteiger partial charge is 0.389 e. The van der Waals surface area contributed by atoms with Crippen molar-refractivity contribution in [3.8, 4) is 0 Å². The zero-order valence-electron chi connectivity index (χ0n) is 10.3. The first-order valence-electron chi connectivity index (χ1n) is 6.07. The summed E-state index contributed by atoms with van der Waals surface area (Å²) in [6.07, 6.45) is 2.42. The molecule has 1 aliphatic carbocycles. The summed E-state index contributed by atoms with van der Waals surface area (Å²) >= 11 is 11.0. The van der Waals surface area contributed by atoms with Crippen molar-refractivity contribution in [2.75, 3.05) is 11.9 Å². The minimum atomic E-state index is 0.362. The van der Waals surface area contributed by atoms with E-state index in [4.69, 9.17) is 34.3 Å². The number of anilines is 1. The third kappa shape index (κ3) is 3.13. The van der Waals surface area contributed by atoms with Gasteiger partial charge in [-0.2, -0.15) is 0 Å². The predicted octanol–water partition coefficient (Wildman–Crippen LogP) is 2.95. The van der Waals surface area contributed by atoms with Crippen LogP contribution in [0.3, 0.4) is 0 Å². The summed E-state index contributed by atoms with van der Waals surface area (Å²) in [7, 11) is 0. The maximum atomic E-state index is 5.95. The van der Waals surface area contributed by atoms with Crippen molar-refractivity contribution in [2.45, 2.75) is 31.9 Å². The minimum absolute atomic E-state index is 0.362. The number of rotatable bonds is 5. The molecule has 0 atom stereocenters. The van der Waals surface area contributed by atoms with Gasteiger partial charge in [-0.15, -0.1) is 0 Å². The van der Waals surface area contributed by atoms with Crippen molar-refractivity contribution in [2.24, 2.45) is 5.73 Å². The molecular formula is C13H17ClN2OS. The summed E-state index contributed by atoms with van der Waals surface area (Å²) < 4.78 is 5.53. The first-order chi connectivity index (χ1) is 8.60. The Kier molecular flexibility index (Phi) is 4.43. The van der Waals surface area contributed by atoms with E-state index in [0.717, 1.165) is 30.7 Å².